The lowest BCUT2D eigenvalue weighted by atomic mass is 9.95. The Morgan fingerprint density at radius 1 is 1.10 bits per heavy atom. The highest BCUT2D eigenvalue weighted by Gasteiger charge is 2.47. The van der Waals surface area contributed by atoms with Crippen molar-refractivity contribution in [2.45, 2.75) is 23.2 Å². The van der Waals surface area contributed by atoms with Crippen LogP contribution < -0.4 is 10.1 Å². The average Bonchev–Trinajstić information content (AvgIpc) is 3.12. The molecule has 2 aromatic carbocycles. The summed E-state index contributed by atoms with van der Waals surface area (Å²) >= 11 is 6.19. The Kier molecular flexibility index (Phi) is 4.93. The molecule has 0 radical (unpaired) electrons. The van der Waals surface area contributed by atoms with E-state index in [1.807, 2.05) is 30.3 Å². The van der Waals surface area contributed by atoms with E-state index in [1.54, 1.807) is 19.1 Å². The van der Waals surface area contributed by atoms with Crippen molar-refractivity contribution in [3.8, 4) is 0 Å². The molecule has 0 saturated carbocycles. The van der Waals surface area contributed by atoms with Gasteiger partial charge in [0.25, 0.3) is 15.9 Å². The van der Waals surface area contributed by atoms with Crippen LogP contribution >= 0.6 is 11.6 Å². The first kappa shape index (κ1) is 19.3. The molecule has 0 bridgehead atoms. The van der Waals surface area contributed by atoms with Crippen LogP contribution in [0.3, 0.4) is 0 Å². The summed E-state index contributed by atoms with van der Waals surface area (Å²) in [6.45, 7) is 1.66. The van der Waals surface area contributed by atoms with E-state index in [0.29, 0.717) is 11.4 Å². The number of carbonyl (C=O) groups excluding carboxylic acids is 1. The summed E-state index contributed by atoms with van der Waals surface area (Å²) in [5.41, 5.74) is 4.46. The number of nitrogens with zero attached hydrogens (tertiary/aromatic N) is 2. The third-order valence-corrected chi connectivity index (χ3v) is 6.25. The van der Waals surface area contributed by atoms with E-state index >= 15 is 0 Å². The molecule has 2 N–H and O–H groups in total. The highest BCUT2D eigenvalue weighted by atomic mass is 35.5. The summed E-state index contributed by atoms with van der Waals surface area (Å²) < 4.78 is 32.1. The minimum absolute atomic E-state index is 0.0495. The smallest absolute Gasteiger partial charge is 0.263 e. The number of hydrazine groups is 1. The fraction of sp³-hybridized carbons (Fsp3) is 0.158. The van der Waals surface area contributed by atoms with E-state index in [0.717, 1.165) is 5.56 Å². The molecular weight excluding hydrogens is 416 g/mol. The SMILES string of the molecule is Cc1cc(NS(=O)(=O)c2ccc(NN3C(=O)C(Cl)C3c3ccccc3)cc2)no1. The van der Waals surface area contributed by atoms with Gasteiger partial charge in [0.1, 0.15) is 17.2 Å². The Morgan fingerprint density at radius 3 is 2.41 bits per heavy atom. The van der Waals surface area contributed by atoms with E-state index in [-0.39, 0.29) is 22.7 Å². The van der Waals surface area contributed by atoms with Crippen LogP contribution in [0, 0.1) is 6.92 Å². The van der Waals surface area contributed by atoms with Gasteiger partial charge in [-0.1, -0.05) is 35.5 Å². The van der Waals surface area contributed by atoms with Gasteiger partial charge in [0, 0.05) is 6.07 Å². The Labute approximate surface area is 172 Å². The van der Waals surface area contributed by atoms with Gasteiger partial charge in [0.05, 0.1) is 10.6 Å². The number of amides is 1. The highest BCUT2D eigenvalue weighted by molar-refractivity contribution is 7.92. The van der Waals surface area contributed by atoms with E-state index < -0.39 is 15.4 Å². The molecule has 1 aromatic heterocycles. The van der Waals surface area contributed by atoms with Crippen molar-refractivity contribution in [3.63, 3.8) is 0 Å². The molecular formula is C19H17ClN4O4S. The topological polar surface area (TPSA) is 105 Å². The van der Waals surface area contributed by atoms with Crippen LogP contribution in [0.5, 0.6) is 0 Å². The summed E-state index contributed by atoms with van der Waals surface area (Å²) in [5, 5.41) is 4.40. The molecule has 0 aliphatic carbocycles. The number of hydrogen-bond acceptors (Lipinski definition) is 6. The lowest BCUT2D eigenvalue weighted by molar-refractivity contribution is -0.143. The molecule has 2 atom stereocenters. The van der Waals surface area contributed by atoms with Crippen molar-refractivity contribution in [1.82, 2.24) is 10.2 Å². The van der Waals surface area contributed by atoms with Crippen molar-refractivity contribution >= 4 is 39.0 Å². The molecule has 150 valence electrons. The number of carbonyl (C=O) groups is 1. The van der Waals surface area contributed by atoms with Gasteiger partial charge < -0.3 is 4.52 Å². The fourth-order valence-corrected chi connectivity index (χ4v) is 4.35. The first-order valence-corrected chi connectivity index (χ1v) is 10.6. The molecule has 1 saturated heterocycles. The van der Waals surface area contributed by atoms with Gasteiger partial charge >= 0.3 is 0 Å². The maximum Gasteiger partial charge on any atom is 0.263 e. The number of sulfonamides is 1. The number of aryl methyl sites for hydroxylation is 1. The number of nitrogens with one attached hydrogen (secondary N) is 2. The van der Waals surface area contributed by atoms with E-state index in [1.165, 1.54) is 23.2 Å². The highest BCUT2D eigenvalue weighted by Crippen LogP contribution is 2.38. The van der Waals surface area contributed by atoms with Gasteiger partial charge in [-0.25, -0.2) is 13.4 Å². The van der Waals surface area contributed by atoms with Gasteiger partial charge in [0.15, 0.2) is 5.82 Å². The van der Waals surface area contributed by atoms with Gasteiger partial charge in [-0.2, -0.15) is 0 Å². The molecule has 1 fully saturated rings. The summed E-state index contributed by atoms with van der Waals surface area (Å²) in [6, 6.07) is 16.6. The third-order valence-electron chi connectivity index (χ3n) is 4.45. The number of benzene rings is 2. The van der Waals surface area contributed by atoms with Crippen molar-refractivity contribution in [2.75, 3.05) is 10.1 Å². The van der Waals surface area contributed by atoms with E-state index in [2.05, 4.69) is 15.3 Å². The average molecular weight is 433 g/mol. The lowest BCUT2D eigenvalue weighted by Crippen LogP contribution is -2.58. The second-order valence-electron chi connectivity index (χ2n) is 6.53. The van der Waals surface area contributed by atoms with Crippen LogP contribution in [0.4, 0.5) is 11.5 Å². The number of anilines is 2. The number of β-lactam (4-membered cyclic amide) rings is 1. The monoisotopic (exact) mass is 432 g/mol. The van der Waals surface area contributed by atoms with Crippen LogP contribution in [-0.2, 0) is 14.8 Å². The van der Waals surface area contributed by atoms with Gasteiger partial charge in [-0.3, -0.25) is 14.9 Å². The first-order valence-electron chi connectivity index (χ1n) is 8.70. The second kappa shape index (κ2) is 7.41. The van der Waals surface area contributed by atoms with Crippen LogP contribution in [0.15, 0.2) is 70.1 Å². The predicted molar refractivity (Wildman–Crippen MR) is 108 cm³/mol. The summed E-state index contributed by atoms with van der Waals surface area (Å²) in [4.78, 5) is 12.2. The van der Waals surface area contributed by atoms with E-state index in [4.69, 9.17) is 16.1 Å². The number of halogens is 1. The molecule has 4 rings (SSSR count). The first-order chi connectivity index (χ1) is 13.8. The number of rotatable bonds is 6. The predicted octanol–water partition coefficient (Wildman–Crippen LogP) is 3.30. The molecule has 8 nitrogen and oxygen atoms in total. The Bertz CT molecular complexity index is 1130. The van der Waals surface area contributed by atoms with E-state index in [9.17, 15) is 13.2 Å². The van der Waals surface area contributed by atoms with Crippen molar-refractivity contribution in [1.29, 1.82) is 0 Å². The molecule has 1 amide bonds. The summed E-state index contributed by atoms with van der Waals surface area (Å²) in [5.74, 6) is 0.349. The van der Waals surface area contributed by atoms with Gasteiger partial charge in [0.2, 0.25) is 0 Å². The van der Waals surface area contributed by atoms with Crippen LogP contribution in [0.1, 0.15) is 17.4 Å². The second-order valence-corrected chi connectivity index (χ2v) is 8.68. The lowest BCUT2D eigenvalue weighted by Gasteiger charge is -2.44. The molecule has 2 unspecified atom stereocenters. The maximum absolute atomic E-state index is 12.4. The number of alkyl halides is 1. The summed E-state index contributed by atoms with van der Waals surface area (Å²) in [7, 11) is -3.81. The molecule has 2 heterocycles. The maximum atomic E-state index is 12.4. The third kappa shape index (κ3) is 3.79. The number of aromatic nitrogens is 1. The Balaban J connectivity index is 1.48. The molecule has 1 aliphatic heterocycles. The quantitative estimate of drug-likeness (QED) is 0.457. The van der Waals surface area contributed by atoms with Crippen molar-refractivity contribution in [3.05, 3.63) is 72.0 Å². The van der Waals surface area contributed by atoms with Crippen molar-refractivity contribution < 1.29 is 17.7 Å². The minimum Gasteiger partial charge on any atom is -0.360 e. The standard InChI is InChI=1S/C19H17ClN4O4S/c1-12-11-16(22-28-12)23-29(26,27)15-9-7-14(8-10-15)21-24-18(17(20)19(24)25)13-5-3-2-4-6-13/h2-11,17-18,21H,1H3,(H,22,23). The molecule has 3 aromatic rings. The normalized spacial score (nSPS) is 19.0. The van der Waals surface area contributed by atoms with Crippen LogP contribution in [0.25, 0.3) is 0 Å². The fourth-order valence-electron chi connectivity index (χ4n) is 3.01. The number of hydrogen-bond donors (Lipinski definition) is 2. The zero-order valence-corrected chi connectivity index (χ0v) is 16.8. The van der Waals surface area contributed by atoms with Crippen LogP contribution in [0.2, 0.25) is 0 Å². The van der Waals surface area contributed by atoms with Crippen molar-refractivity contribution in [2.24, 2.45) is 0 Å². The van der Waals surface area contributed by atoms with Gasteiger partial charge in [-0.15, -0.1) is 11.6 Å². The summed E-state index contributed by atoms with van der Waals surface area (Å²) in [6.07, 6.45) is 0. The molecule has 29 heavy (non-hydrogen) atoms. The molecule has 10 heteroatoms. The van der Waals surface area contributed by atoms with Gasteiger partial charge in [-0.05, 0) is 36.8 Å². The van der Waals surface area contributed by atoms with Crippen LogP contribution in [-0.4, -0.2) is 29.9 Å². The zero-order chi connectivity index (χ0) is 20.6. The molecule has 1 aliphatic rings. The minimum atomic E-state index is -3.81. The largest absolute Gasteiger partial charge is 0.360 e. The Hall–Kier alpha value is -3.04. The Morgan fingerprint density at radius 2 is 1.79 bits per heavy atom. The zero-order valence-electron chi connectivity index (χ0n) is 15.2. The molecule has 0 spiro atoms.